The number of carboxylic acid groups (broad SMARTS) is 1. The molecular formula is C12H12N2O3S. The highest BCUT2D eigenvalue weighted by Gasteiger charge is 2.22. The molecule has 1 atom stereocenters. The number of methoxy groups -OCH3 is 1. The zero-order valence-corrected chi connectivity index (χ0v) is 10.5. The van der Waals surface area contributed by atoms with E-state index >= 15 is 0 Å². The van der Waals surface area contributed by atoms with Crippen molar-refractivity contribution in [2.24, 2.45) is 0 Å². The molecule has 2 rings (SSSR count). The molecule has 0 fully saturated rings. The Balaban J connectivity index is 2.27. The van der Waals surface area contributed by atoms with E-state index in [1.54, 1.807) is 30.9 Å². The van der Waals surface area contributed by atoms with E-state index in [-0.39, 0.29) is 0 Å². The smallest absolute Gasteiger partial charge is 0.331 e. The van der Waals surface area contributed by atoms with Gasteiger partial charge in [0.25, 0.3) is 0 Å². The predicted octanol–water partition coefficient (Wildman–Crippen LogP) is 2.39. The molecule has 1 unspecified atom stereocenters. The van der Waals surface area contributed by atoms with Gasteiger partial charge in [-0.3, -0.25) is 4.98 Å². The number of benzene rings is 1. The number of aliphatic carboxylic acids is 1. The van der Waals surface area contributed by atoms with Crippen LogP contribution in [0.25, 0.3) is 0 Å². The van der Waals surface area contributed by atoms with Gasteiger partial charge in [-0.25, -0.2) is 4.79 Å². The van der Waals surface area contributed by atoms with Crippen molar-refractivity contribution in [3.63, 3.8) is 0 Å². The van der Waals surface area contributed by atoms with Gasteiger partial charge in [0, 0.05) is 6.20 Å². The number of carboxylic acids is 1. The third-order valence-electron chi connectivity index (χ3n) is 2.39. The molecule has 0 amide bonds. The fourth-order valence-corrected chi connectivity index (χ4v) is 2.20. The van der Waals surface area contributed by atoms with E-state index < -0.39 is 12.0 Å². The Bertz CT molecular complexity index is 528. The van der Waals surface area contributed by atoms with Crippen molar-refractivity contribution >= 4 is 23.0 Å². The molecule has 0 radical (unpaired) electrons. The summed E-state index contributed by atoms with van der Waals surface area (Å²) < 4.78 is 5.18. The van der Waals surface area contributed by atoms with Crippen molar-refractivity contribution in [2.75, 3.05) is 12.4 Å². The van der Waals surface area contributed by atoms with E-state index in [0.717, 1.165) is 0 Å². The molecule has 5 nitrogen and oxygen atoms in total. The molecule has 0 saturated heterocycles. The molecule has 1 aromatic heterocycles. The summed E-state index contributed by atoms with van der Waals surface area (Å²) in [4.78, 5) is 15.8. The molecule has 6 heteroatoms. The second-order valence-electron chi connectivity index (χ2n) is 3.52. The number of nitrogens with zero attached hydrogens (tertiary/aromatic N) is 1. The molecule has 0 aliphatic heterocycles. The lowest BCUT2D eigenvalue weighted by molar-refractivity contribution is -0.138. The van der Waals surface area contributed by atoms with E-state index in [0.29, 0.717) is 16.3 Å². The van der Waals surface area contributed by atoms with Crippen molar-refractivity contribution < 1.29 is 14.6 Å². The molecular weight excluding hydrogens is 252 g/mol. The average molecular weight is 264 g/mol. The molecule has 0 aliphatic rings. The lowest BCUT2D eigenvalue weighted by atomic mass is 10.2. The zero-order valence-electron chi connectivity index (χ0n) is 9.66. The minimum Gasteiger partial charge on any atom is -0.495 e. The van der Waals surface area contributed by atoms with Gasteiger partial charge in [0.05, 0.1) is 23.2 Å². The number of nitrogens with one attached hydrogen (secondary N) is 1. The van der Waals surface area contributed by atoms with E-state index in [4.69, 9.17) is 4.74 Å². The molecule has 94 valence electrons. The number of hydrogen-bond donors (Lipinski definition) is 2. The second-order valence-corrected chi connectivity index (χ2v) is 4.44. The number of carbonyl (C=O) groups is 1. The normalized spacial score (nSPS) is 11.8. The van der Waals surface area contributed by atoms with Crippen LogP contribution in [0.3, 0.4) is 0 Å². The summed E-state index contributed by atoms with van der Waals surface area (Å²) >= 11 is 1.30. The van der Waals surface area contributed by atoms with Crippen molar-refractivity contribution in [1.29, 1.82) is 0 Å². The standard InChI is InChI=1S/C12H12N2O3S/c1-17-9-5-3-2-4-8(9)14-11(12(15)16)10-6-13-7-18-10/h2-7,11,14H,1H3,(H,15,16). The third-order valence-corrected chi connectivity index (χ3v) is 3.23. The highest BCUT2D eigenvalue weighted by Crippen LogP contribution is 2.29. The van der Waals surface area contributed by atoms with Gasteiger partial charge >= 0.3 is 5.97 Å². The maximum atomic E-state index is 11.3. The van der Waals surface area contributed by atoms with Gasteiger partial charge in [-0.2, -0.15) is 0 Å². The van der Waals surface area contributed by atoms with Gasteiger partial charge in [0.15, 0.2) is 6.04 Å². The van der Waals surface area contributed by atoms with Crippen LogP contribution in [0.4, 0.5) is 5.69 Å². The van der Waals surface area contributed by atoms with E-state index in [1.165, 1.54) is 11.3 Å². The first-order chi connectivity index (χ1) is 8.72. The molecule has 2 aromatic rings. The number of aromatic nitrogens is 1. The largest absolute Gasteiger partial charge is 0.495 e. The number of rotatable bonds is 5. The Hall–Kier alpha value is -2.08. The first-order valence-corrected chi connectivity index (χ1v) is 6.11. The van der Waals surface area contributed by atoms with E-state index in [9.17, 15) is 9.90 Å². The summed E-state index contributed by atoms with van der Waals surface area (Å²) in [6, 6.07) is 6.36. The Kier molecular flexibility index (Phi) is 3.78. The maximum absolute atomic E-state index is 11.3. The lowest BCUT2D eigenvalue weighted by Crippen LogP contribution is -2.19. The minimum absolute atomic E-state index is 0.605. The SMILES string of the molecule is COc1ccccc1NC(C(=O)O)c1cncs1. The topological polar surface area (TPSA) is 71.5 Å². The fourth-order valence-electron chi connectivity index (χ4n) is 1.54. The third kappa shape index (κ3) is 2.60. The summed E-state index contributed by atoms with van der Waals surface area (Å²) in [6.07, 6.45) is 1.55. The first-order valence-electron chi connectivity index (χ1n) is 5.23. The number of thiazole rings is 1. The first kappa shape index (κ1) is 12.4. The van der Waals surface area contributed by atoms with Crippen LogP contribution < -0.4 is 10.1 Å². The van der Waals surface area contributed by atoms with Gasteiger partial charge < -0.3 is 15.2 Å². The number of anilines is 1. The summed E-state index contributed by atoms with van der Waals surface area (Å²) in [5.74, 6) is -0.349. The van der Waals surface area contributed by atoms with Crippen molar-refractivity contribution in [3.05, 3.63) is 40.8 Å². The number of ether oxygens (including phenoxy) is 1. The Labute approximate surface area is 108 Å². The van der Waals surface area contributed by atoms with Gasteiger partial charge in [-0.05, 0) is 12.1 Å². The number of para-hydroxylation sites is 2. The highest BCUT2D eigenvalue weighted by molar-refractivity contribution is 7.09. The second kappa shape index (κ2) is 5.50. The molecule has 0 spiro atoms. The summed E-state index contributed by atoms with van der Waals surface area (Å²) in [5.41, 5.74) is 2.25. The monoisotopic (exact) mass is 264 g/mol. The van der Waals surface area contributed by atoms with Crippen LogP contribution in [0.2, 0.25) is 0 Å². The zero-order chi connectivity index (χ0) is 13.0. The maximum Gasteiger partial charge on any atom is 0.331 e. The Morgan fingerprint density at radius 2 is 2.28 bits per heavy atom. The van der Waals surface area contributed by atoms with Crippen LogP contribution in [-0.2, 0) is 4.79 Å². The van der Waals surface area contributed by atoms with Crippen molar-refractivity contribution in [2.45, 2.75) is 6.04 Å². The van der Waals surface area contributed by atoms with Gasteiger partial charge in [0.1, 0.15) is 5.75 Å². The summed E-state index contributed by atoms with van der Waals surface area (Å²) in [7, 11) is 1.54. The molecule has 1 heterocycles. The number of hydrogen-bond acceptors (Lipinski definition) is 5. The average Bonchev–Trinajstić information content (AvgIpc) is 2.89. The van der Waals surface area contributed by atoms with Crippen LogP contribution in [0.1, 0.15) is 10.9 Å². The fraction of sp³-hybridized carbons (Fsp3) is 0.167. The molecule has 1 aromatic carbocycles. The Morgan fingerprint density at radius 1 is 1.50 bits per heavy atom. The summed E-state index contributed by atoms with van der Waals surface area (Å²) in [5, 5.41) is 12.2. The predicted molar refractivity (Wildman–Crippen MR) is 69.1 cm³/mol. The quantitative estimate of drug-likeness (QED) is 0.867. The molecule has 0 bridgehead atoms. The van der Waals surface area contributed by atoms with Crippen LogP contribution in [-0.4, -0.2) is 23.2 Å². The van der Waals surface area contributed by atoms with E-state index in [2.05, 4.69) is 10.3 Å². The lowest BCUT2D eigenvalue weighted by Gasteiger charge is -2.16. The van der Waals surface area contributed by atoms with Gasteiger partial charge in [-0.15, -0.1) is 11.3 Å². The van der Waals surface area contributed by atoms with Crippen LogP contribution in [0.15, 0.2) is 36.0 Å². The molecule has 0 aliphatic carbocycles. The minimum atomic E-state index is -0.954. The molecule has 18 heavy (non-hydrogen) atoms. The van der Waals surface area contributed by atoms with Crippen molar-refractivity contribution in [1.82, 2.24) is 4.98 Å². The summed E-state index contributed by atoms with van der Waals surface area (Å²) in [6.45, 7) is 0. The van der Waals surface area contributed by atoms with Crippen LogP contribution in [0.5, 0.6) is 5.75 Å². The van der Waals surface area contributed by atoms with Crippen molar-refractivity contribution in [3.8, 4) is 5.75 Å². The van der Waals surface area contributed by atoms with E-state index in [1.807, 2.05) is 12.1 Å². The molecule has 0 saturated carbocycles. The molecule has 2 N–H and O–H groups in total. The highest BCUT2D eigenvalue weighted by atomic mass is 32.1. The Morgan fingerprint density at radius 3 is 2.89 bits per heavy atom. The van der Waals surface area contributed by atoms with Crippen LogP contribution >= 0.6 is 11.3 Å². The van der Waals surface area contributed by atoms with Gasteiger partial charge in [-0.1, -0.05) is 12.1 Å². The van der Waals surface area contributed by atoms with Gasteiger partial charge in [0.2, 0.25) is 0 Å². The van der Waals surface area contributed by atoms with Crippen LogP contribution in [0, 0.1) is 0 Å².